The first-order valence-electron chi connectivity index (χ1n) is 9.98. The Kier molecular flexibility index (Phi) is 5.31. The summed E-state index contributed by atoms with van der Waals surface area (Å²) in [6, 6.07) is 19.9. The molecule has 0 spiro atoms. The number of ether oxygens (including phenoxy) is 2. The van der Waals surface area contributed by atoms with Gasteiger partial charge in [-0.3, -0.25) is 4.79 Å². The largest absolute Gasteiger partial charge is 0.493 e. The van der Waals surface area contributed by atoms with Crippen LogP contribution in [-0.4, -0.2) is 24.1 Å². The van der Waals surface area contributed by atoms with Gasteiger partial charge in [0.15, 0.2) is 11.4 Å². The lowest BCUT2D eigenvalue weighted by Crippen LogP contribution is -2.35. The van der Waals surface area contributed by atoms with E-state index in [4.69, 9.17) is 9.47 Å². The number of carbonyl (C=O) groups excluding carboxylic acids is 1. The van der Waals surface area contributed by atoms with Gasteiger partial charge in [0, 0.05) is 16.7 Å². The summed E-state index contributed by atoms with van der Waals surface area (Å²) in [4.78, 5) is 13.4. The number of ketones is 1. The van der Waals surface area contributed by atoms with Gasteiger partial charge in [-0.15, -0.1) is 0 Å². The van der Waals surface area contributed by atoms with Crippen LogP contribution in [0, 0.1) is 11.8 Å². The van der Waals surface area contributed by atoms with Crippen LogP contribution in [0.5, 0.6) is 11.5 Å². The summed E-state index contributed by atoms with van der Waals surface area (Å²) in [7, 11) is 0. The van der Waals surface area contributed by atoms with Crippen LogP contribution in [0.15, 0.2) is 66.7 Å². The van der Waals surface area contributed by atoms with E-state index in [1.165, 1.54) is 0 Å². The van der Waals surface area contributed by atoms with Crippen molar-refractivity contribution in [2.75, 3.05) is 13.2 Å². The predicted molar refractivity (Wildman–Crippen MR) is 115 cm³/mol. The fourth-order valence-corrected chi connectivity index (χ4v) is 3.80. The molecule has 3 aromatic carbocycles. The first kappa shape index (κ1) is 19.8. The molecule has 3 aromatic rings. The van der Waals surface area contributed by atoms with Gasteiger partial charge < -0.3 is 14.6 Å². The summed E-state index contributed by atoms with van der Waals surface area (Å²) in [5.74, 6) is 6.77. The molecule has 4 nitrogen and oxygen atoms in total. The smallest absolute Gasteiger partial charge is 0.197 e. The molecule has 1 aliphatic rings. The van der Waals surface area contributed by atoms with Crippen molar-refractivity contribution in [1.82, 2.24) is 0 Å². The highest BCUT2D eigenvalue weighted by Gasteiger charge is 2.45. The number of carbonyl (C=O) groups is 1. The topological polar surface area (TPSA) is 55.8 Å². The Morgan fingerprint density at radius 3 is 2.27 bits per heavy atom. The van der Waals surface area contributed by atoms with Gasteiger partial charge in [-0.1, -0.05) is 54.3 Å². The Morgan fingerprint density at radius 2 is 1.53 bits per heavy atom. The molecule has 0 unspecified atom stereocenters. The van der Waals surface area contributed by atoms with E-state index < -0.39 is 5.60 Å². The minimum atomic E-state index is -1.73. The number of hydrogen-bond acceptors (Lipinski definition) is 4. The lowest BCUT2D eigenvalue weighted by molar-refractivity contribution is 0.0966. The van der Waals surface area contributed by atoms with Gasteiger partial charge in [-0.2, -0.15) is 0 Å². The minimum absolute atomic E-state index is 0.211. The van der Waals surface area contributed by atoms with E-state index in [-0.39, 0.29) is 5.78 Å². The van der Waals surface area contributed by atoms with Crippen LogP contribution in [-0.2, 0) is 5.60 Å². The second kappa shape index (κ2) is 8.06. The van der Waals surface area contributed by atoms with Crippen LogP contribution in [0.25, 0.3) is 0 Å². The van der Waals surface area contributed by atoms with Gasteiger partial charge in [-0.25, -0.2) is 0 Å². The third kappa shape index (κ3) is 3.24. The Bertz CT molecular complexity index is 1150. The monoisotopic (exact) mass is 398 g/mol. The van der Waals surface area contributed by atoms with Crippen LogP contribution < -0.4 is 9.47 Å². The van der Waals surface area contributed by atoms with Crippen molar-refractivity contribution in [2.24, 2.45) is 0 Å². The van der Waals surface area contributed by atoms with Crippen molar-refractivity contribution in [3.63, 3.8) is 0 Å². The molecule has 1 atom stereocenters. The highest BCUT2D eigenvalue weighted by molar-refractivity contribution is 6.15. The molecule has 0 heterocycles. The fourth-order valence-electron chi connectivity index (χ4n) is 3.80. The molecule has 0 aliphatic heterocycles. The van der Waals surface area contributed by atoms with Crippen LogP contribution >= 0.6 is 0 Å². The molecule has 0 aromatic heterocycles. The standard InChI is InChI=1S/C26H22O4/c1-3-29-21-14-9-13-20-23(21)25(27)19-12-8-15-22(30-4-2)24(19)26(20,28)17-16-18-10-6-5-7-11-18/h5-15,28H,3-4H2,1-2H3/t26-/m0/s1. The molecule has 0 saturated heterocycles. The molecule has 0 fully saturated rings. The van der Waals surface area contributed by atoms with E-state index in [1.807, 2.05) is 44.2 Å². The molecule has 1 N–H and O–H groups in total. The first-order valence-corrected chi connectivity index (χ1v) is 9.98. The van der Waals surface area contributed by atoms with Crippen LogP contribution in [0.1, 0.15) is 46.5 Å². The van der Waals surface area contributed by atoms with E-state index in [9.17, 15) is 9.90 Å². The molecule has 150 valence electrons. The van der Waals surface area contributed by atoms with Crippen LogP contribution in [0.2, 0.25) is 0 Å². The van der Waals surface area contributed by atoms with E-state index >= 15 is 0 Å². The highest BCUT2D eigenvalue weighted by Crippen LogP contribution is 2.46. The Hall–Kier alpha value is -3.55. The summed E-state index contributed by atoms with van der Waals surface area (Å²) in [6.45, 7) is 4.53. The number of hydrogen-bond donors (Lipinski definition) is 1. The van der Waals surface area contributed by atoms with E-state index in [2.05, 4.69) is 11.8 Å². The van der Waals surface area contributed by atoms with Gasteiger partial charge >= 0.3 is 0 Å². The number of benzene rings is 3. The zero-order valence-electron chi connectivity index (χ0n) is 16.9. The van der Waals surface area contributed by atoms with Crippen molar-refractivity contribution >= 4 is 5.78 Å². The molecule has 0 saturated carbocycles. The maximum Gasteiger partial charge on any atom is 0.197 e. The van der Waals surface area contributed by atoms with Crippen molar-refractivity contribution < 1.29 is 19.4 Å². The lowest BCUT2D eigenvalue weighted by atomic mass is 9.73. The molecule has 0 radical (unpaired) electrons. The molecule has 0 bridgehead atoms. The van der Waals surface area contributed by atoms with Crippen molar-refractivity contribution in [3.05, 3.63) is 94.5 Å². The average Bonchev–Trinajstić information content (AvgIpc) is 2.77. The second-order valence-corrected chi connectivity index (χ2v) is 6.88. The second-order valence-electron chi connectivity index (χ2n) is 6.88. The zero-order valence-corrected chi connectivity index (χ0v) is 16.9. The van der Waals surface area contributed by atoms with Gasteiger partial charge in [-0.05, 0) is 38.1 Å². The lowest BCUT2D eigenvalue weighted by Gasteiger charge is -2.33. The quantitative estimate of drug-likeness (QED) is 0.665. The number of fused-ring (bicyclic) bond motifs is 2. The number of rotatable bonds is 4. The first-order chi connectivity index (χ1) is 14.6. The van der Waals surface area contributed by atoms with E-state index in [0.717, 1.165) is 5.56 Å². The average molecular weight is 398 g/mol. The Labute approximate surface area is 176 Å². The van der Waals surface area contributed by atoms with Gasteiger partial charge in [0.1, 0.15) is 11.5 Å². The van der Waals surface area contributed by atoms with Gasteiger partial charge in [0.2, 0.25) is 0 Å². The maximum absolute atomic E-state index is 13.4. The fraction of sp³-hybridized carbons (Fsp3) is 0.192. The van der Waals surface area contributed by atoms with E-state index in [1.54, 1.807) is 36.4 Å². The Morgan fingerprint density at radius 1 is 0.867 bits per heavy atom. The van der Waals surface area contributed by atoms with Crippen LogP contribution in [0.4, 0.5) is 0 Å². The summed E-state index contributed by atoms with van der Waals surface area (Å²) in [5, 5.41) is 12.0. The molecule has 1 aliphatic carbocycles. The Balaban J connectivity index is 2.02. The molecule has 30 heavy (non-hydrogen) atoms. The normalized spacial score (nSPS) is 16.7. The minimum Gasteiger partial charge on any atom is -0.493 e. The van der Waals surface area contributed by atoms with Crippen LogP contribution in [0.3, 0.4) is 0 Å². The molecular weight excluding hydrogens is 376 g/mol. The summed E-state index contributed by atoms with van der Waals surface area (Å²) in [6.07, 6.45) is 0. The van der Waals surface area contributed by atoms with Crippen molar-refractivity contribution in [3.8, 4) is 23.3 Å². The summed E-state index contributed by atoms with van der Waals surface area (Å²) >= 11 is 0. The molecule has 0 amide bonds. The zero-order chi connectivity index (χ0) is 21.1. The number of aliphatic hydroxyl groups is 1. The van der Waals surface area contributed by atoms with Crippen molar-refractivity contribution in [2.45, 2.75) is 19.4 Å². The summed E-state index contributed by atoms with van der Waals surface area (Å²) in [5.41, 5.74) is 0.521. The SMILES string of the molecule is CCOc1cccc2c1C(=O)c1cccc(OCC)c1[C@]2(O)C#Cc1ccccc1. The molecule has 4 rings (SSSR count). The highest BCUT2D eigenvalue weighted by atomic mass is 16.5. The summed E-state index contributed by atoms with van der Waals surface area (Å²) < 4.78 is 11.5. The molecule has 4 heteroatoms. The third-order valence-corrected chi connectivity index (χ3v) is 5.04. The molecular formula is C26H22O4. The van der Waals surface area contributed by atoms with Gasteiger partial charge in [0.05, 0.1) is 24.3 Å². The maximum atomic E-state index is 13.4. The van der Waals surface area contributed by atoms with Crippen molar-refractivity contribution in [1.29, 1.82) is 0 Å². The van der Waals surface area contributed by atoms with Gasteiger partial charge in [0.25, 0.3) is 0 Å². The predicted octanol–water partition coefficient (Wildman–Crippen LogP) is 4.32. The third-order valence-electron chi connectivity index (χ3n) is 5.04. The van der Waals surface area contributed by atoms with E-state index in [0.29, 0.717) is 47.0 Å².